The van der Waals surface area contributed by atoms with Crippen molar-refractivity contribution in [3.8, 4) is 5.75 Å². The van der Waals surface area contributed by atoms with Crippen LogP contribution in [0.25, 0.3) is 10.9 Å². The molecule has 1 aromatic heterocycles. The Bertz CT molecular complexity index is 919. The molecule has 0 unspecified atom stereocenters. The molecule has 3 aromatic rings. The first-order chi connectivity index (χ1) is 13.6. The Hall–Kier alpha value is -1.72. The van der Waals surface area contributed by atoms with Gasteiger partial charge in [0.05, 0.1) is 0 Å². The van der Waals surface area contributed by atoms with Gasteiger partial charge in [0.2, 0.25) is 0 Å². The summed E-state index contributed by atoms with van der Waals surface area (Å²) in [6.45, 7) is 0.966. The molecule has 1 saturated carbocycles. The average Bonchev–Trinajstić information content (AvgIpc) is 3.11. The number of fused-ring (bicyclic) bond motifs is 1. The minimum Gasteiger partial charge on any atom is -0.508 e. The third-order valence-electron chi connectivity index (χ3n) is 6.56. The molecule has 2 aromatic carbocycles. The number of hydrogen-bond donors (Lipinski definition) is 3. The third kappa shape index (κ3) is 4.94. The van der Waals surface area contributed by atoms with E-state index in [1.807, 2.05) is 12.1 Å². The minimum absolute atomic E-state index is 0. The highest BCUT2D eigenvalue weighted by Crippen LogP contribution is 2.41. The molecule has 0 amide bonds. The van der Waals surface area contributed by atoms with Crippen molar-refractivity contribution in [2.45, 2.75) is 43.7 Å². The summed E-state index contributed by atoms with van der Waals surface area (Å²) in [4.78, 5) is 5.71. The number of aromatic nitrogens is 1. The van der Waals surface area contributed by atoms with Gasteiger partial charge in [-0.25, -0.2) is 0 Å². The first-order valence-electron chi connectivity index (χ1n) is 10.3. The highest BCUT2D eigenvalue weighted by atomic mass is 35.5. The van der Waals surface area contributed by atoms with E-state index in [4.69, 9.17) is 0 Å². The molecule has 0 aliphatic heterocycles. The summed E-state index contributed by atoms with van der Waals surface area (Å²) in [7, 11) is 4.43. The summed E-state index contributed by atoms with van der Waals surface area (Å²) in [5, 5.41) is 14.7. The average molecular weight is 450 g/mol. The van der Waals surface area contributed by atoms with Crippen LogP contribution in [0.15, 0.2) is 54.7 Å². The maximum atomic E-state index is 9.76. The van der Waals surface area contributed by atoms with Gasteiger partial charge in [-0.15, -0.1) is 24.8 Å². The molecule has 6 heteroatoms. The molecule has 3 N–H and O–H groups in total. The molecule has 4 rings (SSSR count). The molecular weight excluding hydrogens is 417 g/mol. The van der Waals surface area contributed by atoms with Crippen LogP contribution in [0.1, 0.15) is 36.8 Å². The molecule has 4 nitrogen and oxygen atoms in total. The number of hydrogen-bond acceptors (Lipinski definition) is 3. The van der Waals surface area contributed by atoms with Gasteiger partial charge in [0, 0.05) is 28.7 Å². The molecule has 1 aliphatic carbocycles. The quantitative estimate of drug-likeness (QED) is 0.481. The van der Waals surface area contributed by atoms with Gasteiger partial charge >= 0.3 is 0 Å². The van der Waals surface area contributed by atoms with Crippen molar-refractivity contribution >= 4 is 35.7 Å². The first-order valence-corrected chi connectivity index (χ1v) is 10.3. The standard InChI is InChI=1S/C24H31N3O.2ClH/c1-27(2)24(19-6-4-3-5-7-19)13-10-20(11-14-24)25-15-12-18-17-26-23-9-8-21(28)16-22(18)23;;/h3-9,16-17,20,25-26,28H,10-15H2,1-2H3;2*1H. The van der Waals surface area contributed by atoms with Crippen LogP contribution in [0, 0.1) is 0 Å². The smallest absolute Gasteiger partial charge is 0.116 e. The molecule has 1 fully saturated rings. The van der Waals surface area contributed by atoms with Crippen molar-refractivity contribution in [3.05, 3.63) is 65.9 Å². The number of phenolic OH excluding ortho intramolecular Hbond substituents is 1. The van der Waals surface area contributed by atoms with Crippen LogP contribution in [0.4, 0.5) is 0 Å². The van der Waals surface area contributed by atoms with E-state index in [1.54, 1.807) is 6.07 Å². The van der Waals surface area contributed by atoms with E-state index < -0.39 is 0 Å². The number of nitrogens with one attached hydrogen (secondary N) is 2. The summed E-state index contributed by atoms with van der Waals surface area (Å²) in [6, 6.07) is 17.1. The van der Waals surface area contributed by atoms with Crippen molar-refractivity contribution in [2.24, 2.45) is 0 Å². The number of aromatic hydroxyl groups is 1. The van der Waals surface area contributed by atoms with Crippen molar-refractivity contribution in [2.75, 3.05) is 20.6 Å². The van der Waals surface area contributed by atoms with Gasteiger partial charge in [-0.1, -0.05) is 30.3 Å². The van der Waals surface area contributed by atoms with Gasteiger partial charge < -0.3 is 15.4 Å². The number of rotatable bonds is 6. The van der Waals surface area contributed by atoms with Crippen LogP contribution >= 0.6 is 24.8 Å². The fourth-order valence-corrected chi connectivity index (χ4v) is 4.83. The number of phenols is 1. The highest BCUT2D eigenvalue weighted by Gasteiger charge is 2.38. The van der Waals surface area contributed by atoms with Crippen molar-refractivity contribution in [3.63, 3.8) is 0 Å². The van der Waals surface area contributed by atoms with E-state index in [0.717, 1.165) is 23.9 Å². The van der Waals surface area contributed by atoms with Gasteiger partial charge in [0.15, 0.2) is 0 Å². The lowest BCUT2D eigenvalue weighted by atomic mass is 9.74. The fourth-order valence-electron chi connectivity index (χ4n) is 4.83. The zero-order valence-electron chi connectivity index (χ0n) is 17.7. The number of aromatic amines is 1. The van der Waals surface area contributed by atoms with E-state index >= 15 is 0 Å². The number of benzene rings is 2. The summed E-state index contributed by atoms with van der Waals surface area (Å²) >= 11 is 0. The van der Waals surface area contributed by atoms with Crippen LogP contribution in [0.5, 0.6) is 5.75 Å². The van der Waals surface area contributed by atoms with Crippen LogP contribution in [0.3, 0.4) is 0 Å². The topological polar surface area (TPSA) is 51.3 Å². The van der Waals surface area contributed by atoms with Crippen LogP contribution < -0.4 is 5.32 Å². The minimum atomic E-state index is 0. The van der Waals surface area contributed by atoms with Gasteiger partial charge in [0.25, 0.3) is 0 Å². The maximum Gasteiger partial charge on any atom is 0.116 e. The van der Waals surface area contributed by atoms with Crippen LogP contribution in [0.2, 0.25) is 0 Å². The summed E-state index contributed by atoms with van der Waals surface area (Å²) in [6.07, 6.45) is 7.80. The van der Waals surface area contributed by atoms with Crippen LogP contribution in [-0.2, 0) is 12.0 Å². The largest absolute Gasteiger partial charge is 0.508 e. The normalized spacial score (nSPS) is 21.2. The molecule has 30 heavy (non-hydrogen) atoms. The molecule has 0 spiro atoms. The lowest BCUT2D eigenvalue weighted by Gasteiger charge is -2.45. The lowest BCUT2D eigenvalue weighted by molar-refractivity contribution is 0.0858. The Morgan fingerprint density at radius 3 is 2.43 bits per heavy atom. The predicted octanol–water partition coefficient (Wildman–Crippen LogP) is 5.25. The fraction of sp³-hybridized carbons (Fsp3) is 0.417. The monoisotopic (exact) mass is 449 g/mol. The Balaban J connectivity index is 0.00000160. The van der Waals surface area contributed by atoms with Crippen LogP contribution in [-0.4, -0.2) is 41.7 Å². The van der Waals surface area contributed by atoms with Crippen molar-refractivity contribution < 1.29 is 5.11 Å². The SMILES string of the molecule is CN(C)C1(c2ccccc2)CCC(NCCc2c[nH]c3ccc(O)cc23)CC1.Cl.Cl. The first kappa shape index (κ1) is 24.5. The van der Waals surface area contributed by atoms with Gasteiger partial charge in [-0.05, 0) is 82.1 Å². The van der Waals surface area contributed by atoms with Gasteiger partial charge in [-0.2, -0.15) is 0 Å². The second-order valence-corrected chi connectivity index (χ2v) is 8.31. The molecule has 1 heterocycles. The van der Waals surface area contributed by atoms with E-state index in [-0.39, 0.29) is 30.4 Å². The summed E-state index contributed by atoms with van der Waals surface area (Å²) < 4.78 is 0. The Morgan fingerprint density at radius 2 is 1.77 bits per heavy atom. The zero-order chi connectivity index (χ0) is 19.6. The van der Waals surface area contributed by atoms with Gasteiger partial charge in [-0.3, -0.25) is 4.90 Å². The lowest BCUT2D eigenvalue weighted by Crippen LogP contribution is -2.48. The predicted molar refractivity (Wildman–Crippen MR) is 130 cm³/mol. The second kappa shape index (κ2) is 10.5. The molecule has 0 radical (unpaired) electrons. The van der Waals surface area contributed by atoms with E-state index in [1.165, 1.54) is 36.8 Å². The molecule has 0 saturated heterocycles. The Morgan fingerprint density at radius 1 is 1.07 bits per heavy atom. The Kier molecular flexibility index (Phi) is 8.62. The highest BCUT2D eigenvalue weighted by molar-refractivity contribution is 5.86. The van der Waals surface area contributed by atoms with Gasteiger partial charge in [0.1, 0.15) is 5.75 Å². The number of H-pyrrole nitrogens is 1. The Labute approximate surface area is 191 Å². The number of halogens is 2. The second-order valence-electron chi connectivity index (χ2n) is 8.31. The zero-order valence-corrected chi connectivity index (χ0v) is 19.4. The van der Waals surface area contributed by atoms with E-state index in [0.29, 0.717) is 11.8 Å². The molecule has 164 valence electrons. The van der Waals surface area contributed by atoms with Crippen molar-refractivity contribution in [1.82, 2.24) is 15.2 Å². The summed E-state index contributed by atoms with van der Waals surface area (Å²) in [5.74, 6) is 0.328. The molecule has 0 atom stereocenters. The summed E-state index contributed by atoms with van der Waals surface area (Å²) in [5.41, 5.74) is 3.95. The molecular formula is C24H33Cl2N3O. The van der Waals surface area contributed by atoms with E-state index in [2.05, 4.69) is 65.8 Å². The molecule has 0 bridgehead atoms. The maximum absolute atomic E-state index is 9.76. The van der Waals surface area contributed by atoms with Crippen molar-refractivity contribution in [1.29, 1.82) is 0 Å². The number of nitrogens with zero attached hydrogens (tertiary/aromatic N) is 1. The van der Waals surface area contributed by atoms with E-state index in [9.17, 15) is 5.11 Å². The molecule has 1 aliphatic rings. The third-order valence-corrected chi connectivity index (χ3v) is 6.56.